The zero-order valence-corrected chi connectivity index (χ0v) is 22.2. The van der Waals surface area contributed by atoms with Crippen LogP contribution in [0.4, 0.5) is 25.1 Å². The van der Waals surface area contributed by atoms with Gasteiger partial charge in [0, 0.05) is 25.8 Å². The van der Waals surface area contributed by atoms with Gasteiger partial charge < -0.3 is 13.5 Å². The van der Waals surface area contributed by atoms with Crippen molar-refractivity contribution in [3.8, 4) is 17.2 Å². The summed E-state index contributed by atoms with van der Waals surface area (Å²) < 4.78 is 74.4. The van der Waals surface area contributed by atoms with Crippen LogP contribution < -0.4 is 13.9 Å². The molecular weight excluding hydrogens is 541 g/mol. The van der Waals surface area contributed by atoms with E-state index in [0.29, 0.717) is 37.5 Å². The Kier molecular flexibility index (Phi) is 6.32. The van der Waals surface area contributed by atoms with Crippen molar-refractivity contribution >= 4 is 28.1 Å². The van der Waals surface area contributed by atoms with Crippen LogP contribution in [0.3, 0.4) is 0 Å². The quantitative estimate of drug-likeness (QED) is 0.288. The number of rotatable bonds is 6. The van der Waals surface area contributed by atoms with Gasteiger partial charge in [0.2, 0.25) is 0 Å². The number of hydrogen-bond donors (Lipinski definition) is 0. The average Bonchev–Trinajstić information content (AvgIpc) is 3.17. The first-order valence-electron chi connectivity index (χ1n) is 12.3. The third-order valence-corrected chi connectivity index (χ3v) is 6.86. The fourth-order valence-corrected chi connectivity index (χ4v) is 5.23. The first-order valence-corrected chi connectivity index (χ1v) is 14.2. The summed E-state index contributed by atoms with van der Waals surface area (Å²) in [7, 11) is -8.42. The maximum Gasteiger partial charge on any atom is 0.435 e. The van der Waals surface area contributed by atoms with Crippen molar-refractivity contribution in [2.45, 2.75) is 26.2 Å². The van der Waals surface area contributed by atoms with Crippen LogP contribution in [-0.2, 0) is 0 Å². The fraction of sp³-hybridized carbons (Fsp3) is 0.308. The molecule has 0 bridgehead atoms. The molecule has 7 nitrogen and oxygen atoms in total. The molecule has 1 saturated heterocycles. The van der Waals surface area contributed by atoms with Gasteiger partial charge in [0.1, 0.15) is 17.3 Å². The number of hydrogen-bond acceptors (Lipinski definition) is 6. The molecule has 0 amide bonds. The fourth-order valence-electron chi connectivity index (χ4n) is 4.76. The van der Waals surface area contributed by atoms with Gasteiger partial charge in [0.25, 0.3) is 0 Å². The van der Waals surface area contributed by atoms with E-state index in [4.69, 9.17) is 9.73 Å². The molecule has 210 valence electrons. The molecule has 39 heavy (non-hydrogen) atoms. The third-order valence-electron chi connectivity index (χ3n) is 6.35. The first-order chi connectivity index (χ1) is 18.3. The summed E-state index contributed by atoms with van der Waals surface area (Å²) >= 11 is 0. The smallest absolute Gasteiger partial charge is 0.435 e. The van der Waals surface area contributed by atoms with Gasteiger partial charge in [-0.1, -0.05) is 25.5 Å². The SMILES string of the molecule is COc1cc(/C=C2\CCCN3C2=NCCCN3c2ccc(OS(F)(F)(F)(F)F)cc2)ccc1-n1cnc(C)c1. The molecule has 2 aliphatic rings. The number of amidine groups is 1. The highest BCUT2D eigenvalue weighted by Crippen LogP contribution is 2.97. The van der Waals surface area contributed by atoms with E-state index < -0.39 is 16.3 Å². The summed E-state index contributed by atoms with van der Waals surface area (Å²) in [6.07, 6.45) is 8.04. The van der Waals surface area contributed by atoms with E-state index in [9.17, 15) is 19.4 Å². The van der Waals surface area contributed by atoms with Crippen LogP contribution in [-0.4, -0.2) is 47.1 Å². The van der Waals surface area contributed by atoms with E-state index in [2.05, 4.69) is 15.2 Å². The number of ether oxygens (including phenoxy) is 1. The Hall–Kier alpha value is -3.74. The van der Waals surface area contributed by atoms with E-state index in [1.807, 2.05) is 45.9 Å². The number of methoxy groups -OCH3 is 1. The van der Waals surface area contributed by atoms with Crippen molar-refractivity contribution in [1.29, 1.82) is 0 Å². The van der Waals surface area contributed by atoms with Gasteiger partial charge in [0.15, 0.2) is 0 Å². The van der Waals surface area contributed by atoms with Gasteiger partial charge >= 0.3 is 10.5 Å². The Morgan fingerprint density at radius 1 is 0.949 bits per heavy atom. The van der Waals surface area contributed by atoms with Gasteiger partial charge in [-0.05, 0) is 79.8 Å². The predicted octanol–water partition coefficient (Wildman–Crippen LogP) is 7.48. The first kappa shape index (κ1) is 26.9. The topological polar surface area (TPSA) is 55.1 Å². The predicted molar refractivity (Wildman–Crippen MR) is 143 cm³/mol. The monoisotopic (exact) mass is 569 g/mol. The second kappa shape index (κ2) is 9.18. The minimum atomic E-state index is -10.0. The molecule has 0 atom stereocenters. The number of aryl methyl sites for hydroxylation is 1. The lowest BCUT2D eigenvalue weighted by Crippen LogP contribution is -2.49. The number of benzene rings is 2. The van der Waals surface area contributed by atoms with Gasteiger partial charge in [-0.2, -0.15) is 0 Å². The van der Waals surface area contributed by atoms with Gasteiger partial charge in [-0.3, -0.25) is 15.0 Å². The minimum absolute atomic E-state index is 0.557. The molecular formula is C26H28F5N5O2S. The zero-order chi connectivity index (χ0) is 27.9. The normalized spacial score (nSPS) is 19.1. The Bertz CT molecular complexity index is 1440. The van der Waals surface area contributed by atoms with E-state index in [-0.39, 0.29) is 0 Å². The number of hydrazine groups is 1. The molecule has 2 aliphatic heterocycles. The highest BCUT2D eigenvalue weighted by molar-refractivity contribution is 8.42. The standard InChI is InChI=1S/C26H28F5N5O2S/c1-19-17-34(18-33-19)24-11-6-20(16-25(24)37-2)15-21-5-3-13-36-26(21)32-12-4-14-35(36)22-7-9-23(10-8-22)38-39(27,28,29,30)31/h6-11,15-18H,3-5,12-14H2,1-2H3/b21-15+. The van der Waals surface area contributed by atoms with Crippen molar-refractivity contribution in [2.75, 3.05) is 31.8 Å². The second-order valence-electron chi connectivity index (χ2n) is 9.41. The zero-order valence-electron chi connectivity index (χ0n) is 21.4. The van der Waals surface area contributed by atoms with Crippen molar-refractivity contribution < 1.29 is 28.3 Å². The Balaban J connectivity index is 1.41. The van der Waals surface area contributed by atoms with E-state index >= 15 is 0 Å². The third kappa shape index (κ3) is 6.47. The highest BCUT2D eigenvalue weighted by Gasteiger charge is 2.67. The van der Waals surface area contributed by atoms with Crippen LogP contribution in [0.25, 0.3) is 11.8 Å². The molecule has 3 heterocycles. The van der Waals surface area contributed by atoms with Crippen molar-refractivity contribution in [3.05, 3.63) is 71.8 Å². The van der Waals surface area contributed by atoms with Crippen LogP contribution in [0, 0.1) is 6.92 Å². The van der Waals surface area contributed by atoms with Crippen LogP contribution >= 0.6 is 10.5 Å². The summed E-state index contributed by atoms with van der Waals surface area (Å²) in [5.41, 5.74) is 4.26. The minimum Gasteiger partial charge on any atom is -0.495 e. The van der Waals surface area contributed by atoms with Crippen molar-refractivity contribution in [1.82, 2.24) is 14.6 Å². The molecule has 5 rings (SSSR count). The van der Waals surface area contributed by atoms with Crippen LogP contribution in [0.5, 0.6) is 11.5 Å². The highest BCUT2D eigenvalue weighted by atomic mass is 32.5. The Morgan fingerprint density at radius 3 is 2.36 bits per heavy atom. The number of aromatic nitrogens is 2. The van der Waals surface area contributed by atoms with E-state index in [1.54, 1.807) is 13.4 Å². The Morgan fingerprint density at radius 2 is 1.69 bits per heavy atom. The molecule has 1 fully saturated rings. The molecule has 0 unspecified atom stereocenters. The van der Waals surface area contributed by atoms with Gasteiger partial charge in [0.05, 0.1) is 30.5 Å². The molecule has 3 aromatic rings. The van der Waals surface area contributed by atoms with Crippen LogP contribution in [0.1, 0.15) is 30.5 Å². The van der Waals surface area contributed by atoms with Crippen LogP contribution in [0.15, 0.2) is 65.6 Å². The number of imidazole rings is 1. The van der Waals surface area contributed by atoms with E-state index in [0.717, 1.165) is 53.3 Å². The van der Waals surface area contributed by atoms with Gasteiger partial charge in [-0.25, -0.2) is 4.98 Å². The van der Waals surface area contributed by atoms with Crippen LogP contribution in [0.2, 0.25) is 0 Å². The summed E-state index contributed by atoms with van der Waals surface area (Å²) in [4.78, 5) is 9.09. The molecule has 0 N–H and O–H groups in total. The molecule has 13 heteroatoms. The van der Waals surface area contributed by atoms with Crippen molar-refractivity contribution in [3.63, 3.8) is 0 Å². The lowest BCUT2D eigenvalue weighted by atomic mass is 10.0. The molecule has 2 aromatic carbocycles. The lowest BCUT2D eigenvalue weighted by Gasteiger charge is -2.41. The molecule has 0 aliphatic carbocycles. The second-order valence-corrected chi connectivity index (χ2v) is 11.4. The molecule has 1 aromatic heterocycles. The Labute approximate surface area is 223 Å². The number of aliphatic imine (C=N–C) groups is 1. The largest absolute Gasteiger partial charge is 0.495 e. The summed E-state index contributed by atoms with van der Waals surface area (Å²) in [5, 5.41) is 3.93. The van der Waals surface area contributed by atoms with Crippen molar-refractivity contribution in [2.24, 2.45) is 4.99 Å². The molecule has 0 spiro atoms. The van der Waals surface area contributed by atoms with Gasteiger partial charge in [-0.15, -0.1) is 0 Å². The summed E-state index contributed by atoms with van der Waals surface area (Å²) in [6.45, 7) is 3.71. The number of anilines is 1. The molecule has 0 radical (unpaired) electrons. The molecule has 0 saturated carbocycles. The lowest BCUT2D eigenvalue weighted by molar-refractivity contribution is 0.243. The average molecular weight is 570 g/mol. The number of piperidine rings is 1. The van der Waals surface area contributed by atoms with E-state index in [1.165, 1.54) is 12.1 Å². The summed E-state index contributed by atoms with van der Waals surface area (Å²) in [6, 6.07) is 10.4. The maximum atomic E-state index is 12.7. The number of halogens is 5. The summed E-state index contributed by atoms with van der Waals surface area (Å²) in [5.74, 6) is 0.510. The number of fused-ring (bicyclic) bond motifs is 1. The number of nitrogens with zero attached hydrogens (tertiary/aromatic N) is 5. The maximum absolute atomic E-state index is 12.7.